The number of hydrogen-bond acceptors (Lipinski definition) is 4. The lowest BCUT2D eigenvalue weighted by Crippen LogP contribution is -2.38. The van der Waals surface area contributed by atoms with Gasteiger partial charge in [0.05, 0.1) is 18.6 Å². The average Bonchev–Trinajstić information content (AvgIpc) is 2.59. The average molecular weight is 191 g/mol. The van der Waals surface area contributed by atoms with Crippen LogP contribution >= 0.6 is 0 Å². The predicted molar refractivity (Wildman–Crippen MR) is 49.1 cm³/mol. The smallest absolute Gasteiger partial charge is 0.226 e. The normalized spacial score (nSPS) is 16.9. The number of rotatable bonds is 2. The quantitative estimate of drug-likeness (QED) is 0.760. The van der Waals surface area contributed by atoms with Crippen LogP contribution in [0.1, 0.15) is 0 Å². The number of ether oxygens (including phenoxy) is 2. The van der Waals surface area contributed by atoms with Crippen LogP contribution in [0.4, 0.5) is 0 Å². The van der Waals surface area contributed by atoms with Crippen LogP contribution in [-0.4, -0.2) is 34.3 Å². The number of fused-ring (bicyclic) bond motifs is 1. The molecule has 0 unspecified atom stereocenters. The molecule has 5 heteroatoms. The fraction of sp³-hybridized carbons (Fsp3) is 0.333. The standard InChI is InChI=1S/C9H9N3O2/c1-2-10-8-7(1)9(12-5-11-8)14-6-3-13-4-6/h1-2,5-6H,3-4H2,(H,10,11,12). The lowest BCUT2D eigenvalue weighted by Gasteiger charge is -2.26. The van der Waals surface area contributed by atoms with Crippen molar-refractivity contribution in [3.05, 3.63) is 18.6 Å². The van der Waals surface area contributed by atoms with E-state index in [9.17, 15) is 0 Å². The molecule has 1 aliphatic rings. The fourth-order valence-electron chi connectivity index (χ4n) is 1.38. The molecule has 1 fully saturated rings. The Balaban J connectivity index is 1.97. The predicted octanol–water partition coefficient (Wildman–Crippen LogP) is 0.735. The van der Waals surface area contributed by atoms with Gasteiger partial charge in [0.1, 0.15) is 18.1 Å². The molecule has 1 aliphatic heterocycles. The summed E-state index contributed by atoms with van der Waals surface area (Å²) in [6.45, 7) is 1.30. The van der Waals surface area contributed by atoms with Gasteiger partial charge in [0.2, 0.25) is 5.88 Å². The van der Waals surface area contributed by atoms with Crippen LogP contribution in [0, 0.1) is 0 Å². The van der Waals surface area contributed by atoms with E-state index in [0.29, 0.717) is 19.1 Å². The van der Waals surface area contributed by atoms with Gasteiger partial charge in [-0.15, -0.1) is 0 Å². The second kappa shape index (κ2) is 2.95. The molecule has 0 aliphatic carbocycles. The van der Waals surface area contributed by atoms with Gasteiger partial charge in [0.25, 0.3) is 0 Å². The summed E-state index contributed by atoms with van der Waals surface area (Å²) in [7, 11) is 0. The SMILES string of the molecule is c1nc(OC2COC2)c2cc[nH]c2n1. The summed E-state index contributed by atoms with van der Waals surface area (Å²) in [4.78, 5) is 11.2. The van der Waals surface area contributed by atoms with Gasteiger partial charge < -0.3 is 14.5 Å². The minimum atomic E-state index is 0.142. The van der Waals surface area contributed by atoms with Crippen molar-refractivity contribution in [1.29, 1.82) is 0 Å². The number of nitrogens with one attached hydrogen (secondary N) is 1. The number of H-pyrrole nitrogens is 1. The molecule has 14 heavy (non-hydrogen) atoms. The second-order valence-electron chi connectivity index (χ2n) is 3.20. The van der Waals surface area contributed by atoms with Crippen molar-refractivity contribution in [3.8, 4) is 5.88 Å². The Kier molecular flexibility index (Phi) is 1.63. The molecule has 2 aromatic heterocycles. The Morgan fingerprint density at radius 2 is 2.36 bits per heavy atom. The molecule has 0 aromatic carbocycles. The number of aromatic amines is 1. The highest BCUT2D eigenvalue weighted by Crippen LogP contribution is 2.22. The molecule has 0 bridgehead atoms. The Bertz CT molecular complexity index is 450. The first-order chi connectivity index (χ1) is 6.93. The van der Waals surface area contributed by atoms with Crippen molar-refractivity contribution in [1.82, 2.24) is 15.0 Å². The van der Waals surface area contributed by atoms with E-state index in [2.05, 4.69) is 15.0 Å². The Morgan fingerprint density at radius 3 is 3.14 bits per heavy atom. The molecule has 2 aromatic rings. The third-order valence-electron chi connectivity index (χ3n) is 2.20. The third-order valence-corrected chi connectivity index (χ3v) is 2.20. The van der Waals surface area contributed by atoms with Crippen molar-refractivity contribution in [3.63, 3.8) is 0 Å². The van der Waals surface area contributed by atoms with Crippen molar-refractivity contribution in [2.75, 3.05) is 13.2 Å². The zero-order valence-corrected chi connectivity index (χ0v) is 7.43. The van der Waals surface area contributed by atoms with Gasteiger partial charge in [-0.25, -0.2) is 9.97 Å². The van der Waals surface area contributed by atoms with E-state index in [4.69, 9.17) is 9.47 Å². The van der Waals surface area contributed by atoms with Gasteiger partial charge in [0, 0.05) is 6.20 Å². The summed E-state index contributed by atoms with van der Waals surface area (Å²) in [6.07, 6.45) is 3.46. The second-order valence-corrected chi connectivity index (χ2v) is 3.20. The third kappa shape index (κ3) is 1.13. The van der Waals surface area contributed by atoms with Crippen molar-refractivity contribution in [2.24, 2.45) is 0 Å². The van der Waals surface area contributed by atoms with Gasteiger partial charge in [-0.1, -0.05) is 0 Å². The molecule has 1 N–H and O–H groups in total. The highest BCUT2D eigenvalue weighted by Gasteiger charge is 2.21. The fourth-order valence-corrected chi connectivity index (χ4v) is 1.38. The molecule has 0 spiro atoms. The molecule has 72 valence electrons. The number of hydrogen-bond donors (Lipinski definition) is 1. The molecule has 3 rings (SSSR count). The molecule has 0 amide bonds. The van der Waals surface area contributed by atoms with E-state index < -0.39 is 0 Å². The van der Waals surface area contributed by atoms with E-state index >= 15 is 0 Å². The first-order valence-corrected chi connectivity index (χ1v) is 4.46. The monoisotopic (exact) mass is 191 g/mol. The zero-order valence-electron chi connectivity index (χ0n) is 7.43. The lowest BCUT2D eigenvalue weighted by molar-refractivity contribution is -0.0807. The maximum Gasteiger partial charge on any atom is 0.226 e. The van der Waals surface area contributed by atoms with Gasteiger partial charge in [-0.05, 0) is 6.07 Å². The topological polar surface area (TPSA) is 60.0 Å². The van der Waals surface area contributed by atoms with Crippen LogP contribution in [0.15, 0.2) is 18.6 Å². The molecular formula is C9H9N3O2. The summed E-state index contributed by atoms with van der Waals surface area (Å²) >= 11 is 0. The van der Waals surface area contributed by atoms with Crippen LogP contribution in [0.3, 0.4) is 0 Å². The first kappa shape index (κ1) is 7.75. The summed E-state index contributed by atoms with van der Waals surface area (Å²) in [6, 6.07) is 1.91. The largest absolute Gasteiger partial charge is 0.469 e. The number of nitrogens with zero attached hydrogens (tertiary/aromatic N) is 2. The summed E-state index contributed by atoms with van der Waals surface area (Å²) < 4.78 is 10.7. The highest BCUT2D eigenvalue weighted by atomic mass is 16.6. The summed E-state index contributed by atoms with van der Waals surface area (Å²) in [5.74, 6) is 0.629. The first-order valence-electron chi connectivity index (χ1n) is 4.46. The van der Waals surface area contributed by atoms with Gasteiger partial charge in [0.15, 0.2) is 0 Å². The van der Waals surface area contributed by atoms with E-state index in [1.165, 1.54) is 6.33 Å². The van der Waals surface area contributed by atoms with Gasteiger partial charge >= 0.3 is 0 Å². The van der Waals surface area contributed by atoms with Crippen molar-refractivity contribution < 1.29 is 9.47 Å². The molecular weight excluding hydrogens is 182 g/mol. The van der Waals surface area contributed by atoms with Gasteiger partial charge in [-0.2, -0.15) is 0 Å². The summed E-state index contributed by atoms with van der Waals surface area (Å²) in [5, 5.41) is 0.916. The molecule has 5 nitrogen and oxygen atoms in total. The van der Waals surface area contributed by atoms with Crippen LogP contribution < -0.4 is 4.74 Å². The minimum absolute atomic E-state index is 0.142. The highest BCUT2D eigenvalue weighted by molar-refractivity contribution is 5.80. The van der Waals surface area contributed by atoms with Gasteiger partial charge in [-0.3, -0.25) is 0 Å². The van der Waals surface area contributed by atoms with E-state index in [-0.39, 0.29) is 6.10 Å². The van der Waals surface area contributed by atoms with E-state index in [0.717, 1.165) is 11.0 Å². The molecule has 0 atom stereocenters. The maximum atomic E-state index is 5.63. The zero-order chi connectivity index (χ0) is 9.38. The van der Waals surface area contributed by atoms with Crippen LogP contribution in [0.5, 0.6) is 5.88 Å². The Morgan fingerprint density at radius 1 is 1.43 bits per heavy atom. The lowest BCUT2D eigenvalue weighted by atomic mass is 10.3. The van der Waals surface area contributed by atoms with E-state index in [1.54, 1.807) is 0 Å². The van der Waals surface area contributed by atoms with Crippen LogP contribution in [0.25, 0.3) is 11.0 Å². The van der Waals surface area contributed by atoms with Crippen molar-refractivity contribution in [2.45, 2.75) is 6.10 Å². The maximum absolute atomic E-state index is 5.63. The number of aromatic nitrogens is 3. The van der Waals surface area contributed by atoms with Crippen LogP contribution in [0.2, 0.25) is 0 Å². The molecule has 1 saturated heterocycles. The van der Waals surface area contributed by atoms with Crippen molar-refractivity contribution >= 4 is 11.0 Å². The Labute approximate surface area is 80.1 Å². The van der Waals surface area contributed by atoms with Crippen LogP contribution in [-0.2, 0) is 4.74 Å². The molecule has 3 heterocycles. The minimum Gasteiger partial charge on any atom is -0.469 e. The molecule has 0 saturated carbocycles. The molecule has 0 radical (unpaired) electrons. The van der Waals surface area contributed by atoms with E-state index in [1.807, 2.05) is 12.3 Å². The summed E-state index contributed by atoms with van der Waals surface area (Å²) in [5.41, 5.74) is 0.801. The Hall–Kier alpha value is -1.62.